The molecule has 0 bridgehead atoms. The van der Waals surface area contributed by atoms with Gasteiger partial charge in [-0.05, 0) is 12.1 Å². The lowest BCUT2D eigenvalue weighted by Gasteiger charge is -2.15. The van der Waals surface area contributed by atoms with Crippen molar-refractivity contribution in [2.24, 2.45) is 0 Å². The summed E-state index contributed by atoms with van der Waals surface area (Å²) in [5.41, 5.74) is 0. The average molecular weight is 259 g/mol. The van der Waals surface area contributed by atoms with E-state index in [1.165, 1.54) is 19.2 Å². The van der Waals surface area contributed by atoms with Crippen LogP contribution in [0.25, 0.3) is 0 Å². The highest BCUT2D eigenvalue weighted by molar-refractivity contribution is 7.89. The first kappa shape index (κ1) is 12.2. The van der Waals surface area contributed by atoms with E-state index in [0.717, 1.165) is 4.31 Å². The Hall–Kier alpha value is -1.31. The number of hydrogen-bond acceptors (Lipinski definition) is 5. The molecule has 7 heteroatoms. The second kappa shape index (κ2) is 4.52. The highest BCUT2D eigenvalue weighted by Crippen LogP contribution is 2.34. The Kier molecular flexibility index (Phi) is 3.23. The van der Waals surface area contributed by atoms with Crippen LogP contribution in [0.1, 0.15) is 0 Å². The lowest BCUT2D eigenvalue weighted by atomic mass is 10.3. The van der Waals surface area contributed by atoms with E-state index < -0.39 is 10.0 Å². The van der Waals surface area contributed by atoms with Crippen LogP contribution in [-0.4, -0.2) is 44.8 Å². The molecule has 0 saturated heterocycles. The molecule has 0 fully saturated rings. The van der Waals surface area contributed by atoms with Crippen molar-refractivity contribution >= 4 is 10.0 Å². The Morgan fingerprint density at radius 1 is 1.35 bits per heavy atom. The van der Waals surface area contributed by atoms with Gasteiger partial charge < -0.3 is 14.6 Å². The summed E-state index contributed by atoms with van der Waals surface area (Å²) in [6.07, 6.45) is 0. The molecule has 6 nitrogen and oxygen atoms in total. The molecule has 0 amide bonds. The molecule has 0 saturated carbocycles. The van der Waals surface area contributed by atoms with Gasteiger partial charge in [-0.3, -0.25) is 0 Å². The average Bonchev–Trinajstić information content (AvgIpc) is 2.76. The van der Waals surface area contributed by atoms with Crippen LogP contribution in [0.2, 0.25) is 0 Å². The summed E-state index contributed by atoms with van der Waals surface area (Å²) in [6, 6.07) is 4.43. The van der Waals surface area contributed by atoms with Crippen LogP contribution in [0.15, 0.2) is 23.1 Å². The number of likely N-dealkylation sites (N-methyl/N-ethyl adjacent to an activating group) is 1. The van der Waals surface area contributed by atoms with Gasteiger partial charge in [-0.25, -0.2) is 8.42 Å². The fraction of sp³-hybridized carbons (Fsp3) is 0.400. The van der Waals surface area contributed by atoms with Gasteiger partial charge in [0, 0.05) is 19.7 Å². The van der Waals surface area contributed by atoms with E-state index in [-0.39, 0.29) is 24.8 Å². The first-order chi connectivity index (χ1) is 8.05. The molecule has 0 unspecified atom stereocenters. The smallest absolute Gasteiger partial charge is 0.243 e. The fourth-order valence-corrected chi connectivity index (χ4v) is 2.66. The van der Waals surface area contributed by atoms with Crippen molar-refractivity contribution < 1.29 is 23.0 Å². The van der Waals surface area contributed by atoms with E-state index in [4.69, 9.17) is 14.6 Å². The third-order valence-electron chi connectivity index (χ3n) is 2.47. The second-order valence-corrected chi connectivity index (χ2v) is 5.61. The van der Waals surface area contributed by atoms with E-state index in [2.05, 4.69) is 0 Å². The van der Waals surface area contributed by atoms with Crippen molar-refractivity contribution in [1.82, 2.24) is 4.31 Å². The third-order valence-corrected chi connectivity index (χ3v) is 4.32. The highest BCUT2D eigenvalue weighted by Gasteiger charge is 2.23. The van der Waals surface area contributed by atoms with Crippen LogP contribution in [-0.2, 0) is 10.0 Å². The molecule has 0 atom stereocenters. The summed E-state index contributed by atoms with van der Waals surface area (Å²) in [5.74, 6) is 0.956. The first-order valence-corrected chi connectivity index (χ1v) is 6.46. The van der Waals surface area contributed by atoms with Crippen molar-refractivity contribution in [1.29, 1.82) is 0 Å². The lowest BCUT2D eigenvalue weighted by molar-refractivity contribution is 0.174. The molecule has 0 spiro atoms. The predicted octanol–water partition coefficient (Wildman–Crippen LogP) is 0.0281. The van der Waals surface area contributed by atoms with Gasteiger partial charge in [0.15, 0.2) is 11.5 Å². The number of aliphatic hydroxyl groups excluding tert-OH is 1. The summed E-state index contributed by atoms with van der Waals surface area (Å²) in [6.45, 7) is -0.0671. The van der Waals surface area contributed by atoms with Crippen LogP contribution in [0.3, 0.4) is 0 Å². The molecule has 1 N–H and O–H groups in total. The molecule has 2 rings (SSSR count). The van der Waals surface area contributed by atoms with E-state index in [1.807, 2.05) is 0 Å². The van der Waals surface area contributed by atoms with E-state index >= 15 is 0 Å². The summed E-state index contributed by atoms with van der Waals surface area (Å²) in [4.78, 5) is 0.123. The van der Waals surface area contributed by atoms with Gasteiger partial charge in [0.2, 0.25) is 16.8 Å². The Bertz CT molecular complexity index is 513. The Balaban J connectivity index is 2.34. The van der Waals surface area contributed by atoms with Crippen molar-refractivity contribution in [3.05, 3.63) is 18.2 Å². The molecular formula is C10H13NO5S. The minimum Gasteiger partial charge on any atom is -0.454 e. The Labute approximate surface area is 99.4 Å². The monoisotopic (exact) mass is 259 g/mol. The number of ether oxygens (including phenoxy) is 2. The summed E-state index contributed by atoms with van der Waals surface area (Å²) in [5, 5.41) is 8.75. The van der Waals surface area contributed by atoms with E-state index in [9.17, 15) is 8.42 Å². The molecule has 1 heterocycles. The number of fused-ring (bicyclic) bond motifs is 1. The van der Waals surface area contributed by atoms with E-state index in [1.54, 1.807) is 6.07 Å². The Morgan fingerprint density at radius 3 is 2.76 bits per heavy atom. The van der Waals surface area contributed by atoms with E-state index in [0.29, 0.717) is 11.5 Å². The maximum absolute atomic E-state index is 12.0. The minimum absolute atomic E-state index is 0.0524. The van der Waals surface area contributed by atoms with Gasteiger partial charge in [0.25, 0.3) is 0 Å². The second-order valence-electron chi connectivity index (χ2n) is 3.57. The molecule has 1 aliphatic heterocycles. The van der Waals surface area contributed by atoms with Crippen molar-refractivity contribution in [3.63, 3.8) is 0 Å². The van der Waals surface area contributed by atoms with Crippen LogP contribution in [0.4, 0.5) is 0 Å². The topological polar surface area (TPSA) is 76.1 Å². The Morgan fingerprint density at radius 2 is 2.06 bits per heavy atom. The molecule has 1 aliphatic rings. The predicted molar refractivity (Wildman–Crippen MR) is 59.5 cm³/mol. The van der Waals surface area contributed by atoms with Gasteiger partial charge >= 0.3 is 0 Å². The molecule has 0 aliphatic carbocycles. The van der Waals surface area contributed by atoms with Crippen LogP contribution in [0, 0.1) is 0 Å². The summed E-state index contributed by atoms with van der Waals surface area (Å²) in [7, 11) is -2.17. The summed E-state index contributed by atoms with van der Waals surface area (Å²) >= 11 is 0. The van der Waals surface area contributed by atoms with Crippen LogP contribution < -0.4 is 9.47 Å². The molecule has 0 radical (unpaired) electrons. The maximum Gasteiger partial charge on any atom is 0.243 e. The number of nitrogens with zero attached hydrogens (tertiary/aromatic N) is 1. The molecular weight excluding hydrogens is 246 g/mol. The lowest BCUT2D eigenvalue weighted by Crippen LogP contribution is -2.29. The van der Waals surface area contributed by atoms with Crippen molar-refractivity contribution in [3.8, 4) is 11.5 Å². The van der Waals surface area contributed by atoms with Gasteiger partial charge in [-0.2, -0.15) is 4.31 Å². The SMILES string of the molecule is CN(CCO)S(=O)(=O)c1ccc2c(c1)OCO2. The van der Waals surface area contributed by atoms with Crippen LogP contribution >= 0.6 is 0 Å². The number of hydrogen-bond donors (Lipinski definition) is 1. The van der Waals surface area contributed by atoms with Gasteiger partial charge in [0.1, 0.15) is 0 Å². The summed E-state index contributed by atoms with van der Waals surface area (Å²) < 4.78 is 35.4. The quantitative estimate of drug-likeness (QED) is 0.825. The highest BCUT2D eigenvalue weighted by atomic mass is 32.2. The molecule has 1 aromatic rings. The normalized spacial score (nSPS) is 14.3. The molecule has 17 heavy (non-hydrogen) atoms. The maximum atomic E-state index is 12.0. The first-order valence-electron chi connectivity index (χ1n) is 5.02. The van der Waals surface area contributed by atoms with Gasteiger partial charge in [0.05, 0.1) is 11.5 Å². The standard InChI is InChI=1S/C10H13NO5S/c1-11(4-5-12)17(13,14)8-2-3-9-10(6-8)16-7-15-9/h2-3,6,12H,4-5,7H2,1H3. The minimum atomic E-state index is -3.58. The number of rotatable bonds is 4. The third kappa shape index (κ3) is 2.21. The molecule has 94 valence electrons. The van der Waals surface area contributed by atoms with Crippen LogP contribution in [0.5, 0.6) is 11.5 Å². The number of aliphatic hydroxyl groups is 1. The van der Waals surface area contributed by atoms with Gasteiger partial charge in [-0.15, -0.1) is 0 Å². The van der Waals surface area contributed by atoms with Crippen molar-refractivity contribution in [2.75, 3.05) is 27.0 Å². The number of sulfonamides is 1. The zero-order valence-corrected chi connectivity index (χ0v) is 10.1. The largest absolute Gasteiger partial charge is 0.454 e. The molecule has 1 aromatic carbocycles. The van der Waals surface area contributed by atoms with Crippen molar-refractivity contribution in [2.45, 2.75) is 4.90 Å². The fourth-order valence-electron chi connectivity index (χ4n) is 1.48. The zero-order chi connectivity index (χ0) is 12.5. The number of benzene rings is 1. The zero-order valence-electron chi connectivity index (χ0n) is 9.29. The molecule has 0 aromatic heterocycles. The van der Waals surface area contributed by atoms with Gasteiger partial charge in [-0.1, -0.05) is 0 Å².